The third kappa shape index (κ3) is 4.50. The van der Waals surface area contributed by atoms with Crippen molar-refractivity contribution in [3.05, 3.63) is 151 Å². The molecule has 224 valence electrons. The van der Waals surface area contributed by atoms with Crippen LogP contribution in [-0.4, -0.2) is 15.0 Å². The van der Waals surface area contributed by atoms with Gasteiger partial charge >= 0.3 is 0 Å². The molecule has 0 radical (unpaired) electrons. The lowest BCUT2D eigenvalue weighted by molar-refractivity contribution is 0.359. The van der Waals surface area contributed by atoms with Crippen LogP contribution in [0.5, 0.6) is 23.0 Å². The standard InChI is InChI=1S/C42H29N3O2/c1-42(2)32-17-9-8-15-29(32)31-23-39-40(24-33(31)42)46-37-20-19-27(22-38(37)47-39)28-14-6-7-16-30(28)41-44-35(26-12-4-3-5-13-26)25-36(45-41)34-18-10-11-21-43-34/h3-25H,1-2H3. The first-order chi connectivity index (χ1) is 23.0. The van der Waals surface area contributed by atoms with Crippen molar-refractivity contribution >= 4 is 0 Å². The molecule has 1 aliphatic carbocycles. The van der Waals surface area contributed by atoms with E-state index in [0.717, 1.165) is 45.1 Å². The van der Waals surface area contributed by atoms with Gasteiger partial charge in [-0.15, -0.1) is 0 Å². The second kappa shape index (κ2) is 10.5. The third-order valence-electron chi connectivity index (χ3n) is 9.23. The van der Waals surface area contributed by atoms with Gasteiger partial charge in [0.1, 0.15) is 0 Å². The van der Waals surface area contributed by atoms with E-state index in [4.69, 9.17) is 19.4 Å². The molecule has 0 saturated carbocycles. The van der Waals surface area contributed by atoms with Crippen molar-refractivity contribution in [2.45, 2.75) is 19.3 Å². The Balaban J connectivity index is 1.13. The van der Waals surface area contributed by atoms with Gasteiger partial charge in [-0.1, -0.05) is 105 Å². The number of nitrogens with zero attached hydrogens (tertiary/aromatic N) is 3. The SMILES string of the molecule is CC1(C)c2ccccc2-c2cc3c(cc21)Oc1ccc(-c2ccccc2-c2nc(-c4ccccc4)cc(-c4ccccn4)n2)cc1O3. The van der Waals surface area contributed by atoms with Crippen LogP contribution >= 0.6 is 0 Å². The lowest BCUT2D eigenvalue weighted by Gasteiger charge is -2.25. The Morgan fingerprint density at radius 2 is 1.13 bits per heavy atom. The van der Waals surface area contributed by atoms with Gasteiger partial charge in [-0.3, -0.25) is 4.98 Å². The van der Waals surface area contributed by atoms with E-state index in [-0.39, 0.29) is 5.41 Å². The van der Waals surface area contributed by atoms with Crippen LogP contribution in [-0.2, 0) is 5.41 Å². The van der Waals surface area contributed by atoms with Gasteiger partial charge in [-0.25, -0.2) is 9.97 Å². The molecule has 0 spiro atoms. The molecule has 5 aromatic carbocycles. The lowest BCUT2D eigenvalue weighted by atomic mass is 9.82. The van der Waals surface area contributed by atoms with Gasteiger partial charge in [-0.05, 0) is 75.8 Å². The first-order valence-electron chi connectivity index (χ1n) is 15.8. The zero-order valence-corrected chi connectivity index (χ0v) is 25.9. The molecular weight excluding hydrogens is 578 g/mol. The maximum atomic E-state index is 6.58. The van der Waals surface area contributed by atoms with Gasteiger partial charge in [0.25, 0.3) is 0 Å². The van der Waals surface area contributed by atoms with E-state index in [2.05, 4.69) is 85.6 Å². The predicted octanol–water partition coefficient (Wildman–Crippen LogP) is 10.7. The van der Waals surface area contributed by atoms with Crippen LogP contribution in [0.25, 0.3) is 56.3 Å². The average molecular weight is 608 g/mol. The maximum Gasteiger partial charge on any atom is 0.170 e. The minimum atomic E-state index is -0.117. The maximum absolute atomic E-state index is 6.58. The summed E-state index contributed by atoms with van der Waals surface area (Å²) in [5, 5.41) is 0. The highest BCUT2D eigenvalue weighted by molar-refractivity contribution is 5.85. The Hall–Kier alpha value is -6.07. The number of fused-ring (bicyclic) bond motifs is 5. The van der Waals surface area contributed by atoms with Crippen molar-refractivity contribution < 1.29 is 9.47 Å². The van der Waals surface area contributed by atoms with E-state index in [1.54, 1.807) is 6.20 Å². The summed E-state index contributed by atoms with van der Waals surface area (Å²) in [6.45, 7) is 4.54. The van der Waals surface area contributed by atoms with Crippen LogP contribution in [0.4, 0.5) is 0 Å². The number of benzene rings is 5. The van der Waals surface area contributed by atoms with Gasteiger partial charge in [0.05, 0.1) is 17.1 Å². The molecule has 47 heavy (non-hydrogen) atoms. The fourth-order valence-electron chi connectivity index (χ4n) is 6.84. The fourth-order valence-corrected chi connectivity index (χ4v) is 6.84. The highest BCUT2D eigenvalue weighted by Crippen LogP contribution is 2.55. The summed E-state index contributed by atoms with van der Waals surface area (Å²) in [4.78, 5) is 14.7. The molecule has 0 bridgehead atoms. The van der Waals surface area contributed by atoms with E-state index in [1.807, 2.05) is 66.7 Å². The summed E-state index contributed by atoms with van der Waals surface area (Å²) in [6, 6.07) is 45.2. The largest absolute Gasteiger partial charge is 0.450 e. The Kier molecular flexibility index (Phi) is 6.09. The molecular formula is C42H29N3O2. The van der Waals surface area contributed by atoms with E-state index in [1.165, 1.54) is 22.3 Å². The van der Waals surface area contributed by atoms with Crippen molar-refractivity contribution in [1.29, 1.82) is 0 Å². The molecule has 0 fully saturated rings. The number of pyridine rings is 1. The van der Waals surface area contributed by atoms with Crippen LogP contribution in [0.3, 0.4) is 0 Å². The molecule has 0 unspecified atom stereocenters. The minimum absolute atomic E-state index is 0.117. The summed E-state index contributed by atoms with van der Waals surface area (Å²) in [7, 11) is 0. The van der Waals surface area contributed by atoms with E-state index < -0.39 is 0 Å². The van der Waals surface area contributed by atoms with Crippen LogP contribution in [0.1, 0.15) is 25.0 Å². The van der Waals surface area contributed by atoms with Crippen LogP contribution in [0, 0.1) is 0 Å². The number of hydrogen-bond donors (Lipinski definition) is 0. The first-order valence-corrected chi connectivity index (χ1v) is 15.8. The molecule has 7 aromatic rings. The summed E-state index contributed by atoms with van der Waals surface area (Å²) < 4.78 is 13.1. The number of ether oxygens (including phenoxy) is 2. The monoisotopic (exact) mass is 607 g/mol. The number of rotatable bonds is 4. The third-order valence-corrected chi connectivity index (χ3v) is 9.23. The first kappa shape index (κ1) is 27.3. The second-order valence-electron chi connectivity index (χ2n) is 12.5. The Labute approximate surface area is 273 Å². The molecule has 3 heterocycles. The Bertz CT molecular complexity index is 2270. The topological polar surface area (TPSA) is 57.1 Å². The van der Waals surface area contributed by atoms with Crippen molar-refractivity contribution in [3.63, 3.8) is 0 Å². The molecule has 0 amide bonds. The van der Waals surface area contributed by atoms with Crippen LogP contribution in [0.2, 0.25) is 0 Å². The van der Waals surface area contributed by atoms with E-state index in [9.17, 15) is 0 Å². The fraction of sp³-hybridized carbons (Fsp3) is 0.0714. The Morgan fingerprint density at radius 1 is 0.447 bits per heavy atom. The van der Waals surface area contributed by atoms with Crippen LogP contribution < -0.4 is 9.47 Å². The molecule has 0 atom stereocenters. The average Bonchev–Trinajstić information content (AvgIpc) is 3.35. The van der Waals surface area contributed by atoms with Crippen LogP contribution in [0.15, 0.2) is 140 Å². The Morgan fingerprint density at radius 3 is 1.96 bits per heavy atom. The summed E-state index contributed by atoms with van der Waals surface area (Å²) in [5.74, 6) is 3.43. The van der Waals surface area contributed by atoms with Gasteiger partial charge < -0.3 is 9.47 Å². The molecule has 5 heteroatoms. The summed E-state index contributed by atoms with van der Waals surface area (Å²) >= 11 is 0. The summed E-state index contributed by atoms with van der Waals surface area (Å²) in [5.41, 5.74) is 11.2. The van der Waals surface area contributed by atoms with Crippen molar-refractivity contribution in [3.8, 4) is 79.3 Å². The van der Waals surface area contributed by atoms with E-state index >= 15 is 0 Å². The lowest BCUT2D eigenvalue weighted by Crippen LogP contribution is -2.15. The molecule has 0 saturated heterocycles. The quantitative estimate of drug-likeness (QED) is 0.199. The van der Waals surface area contributed by atoms with Crippen molar-refractivity contribution in [2.75, 3.05) is 0 Å². The van der Waals surface area contributed by atoms with Gasteiger partial charge in [0.2, 0.25) is 0 Å². The molecule has 2 aliphatic rings. The molecule has 5 nitrogen and oxygen atoms in total. The van der Waals surface area contributed by atoms with Gasteiger partial charge in [0, 0.05) is 22.7 Å². The van der Waals surface area contributed by atoms with Crippen molar-refractivity contribution in [2.24, 2.45) is 0 Å². The molecule has 2 aromatic heterocycles. The molecule has 0 N–H and O–H groups in total. The minimum Gasteiger partial charge on any atom is -0.450 e. The number of hydrogen-bond acceptors (Lipinski definition) is 5. The van der Waals surface area contributed by atoms with E-state index in [0.29, 0.717) is 23.1 Å². The zero-order valence-electron chi connectivity index (χ0n) is 25.9. The van der Waals surface area contributed by atoms with Gasteiger partial charge in [-0.2, -0.15) is 0 Å². The second-order valence-corrected chi connectivity index (χ2v) is 12.5. The van der Waals surface area contributed by atoms with Gasteiger partial charge in [0.15, 0.2) is 28.8 Å². The normalized spacial score (nSPS) is 13.4. The summed E-state index contributed by atoms with van der Waals surface area (Å²) in [6.07, 6.45) is 1.79. The van der Waals surface area contributed by atoms with Crippen molar-refractivity contribution in [1.82, 2.24) is 15.0 Å². The zero-order chi connectivity index (χ0) is 31.5. The predicted molar refractivity (Wildman–Crippen MR) is 186 cm³/mol. The molecule has 1 aliphatic heterocycles. The highest BCUT2D eigenvalue weighted by Gasteiger charge is 2.37. The smallest absolute Gasteiger partial charge is 0.170 e. The number of aromatic nitrogens is 3. The highest BCUT2D eigenvalue weighted by atomic mass is 16.6. The molecule has 9 rings (SSSR count).